The lowest BCUT2D eigenvalue weighted by Crippen LogP contribution is -2.48. The molecule has 0 N–H and O–H groups in total. The Kier molecular flexibility index (Phi) is 5.15. The molecule has 1 aliphatic heterocycles. The number of thioether (sulfide) groups is 2. The summed E-state index contributed by atoms with van der Waals surface area (Å²) in [5.41, 5.74) is -0.314. The quantitative estimate of drug-likeness (QED) is 0.287. The molecule has 4 atom stereocenters. The Hall–Kier alpha value is -0.990. The first-order valence-corrected chi connectivity index (χ1v) is 14.3. The second kappa shape index (κ2) is 7.85. The molecule has 3 fully saturated rings. The number of carbonyl (C=O) groups is 1. The lowest BCUT2D eigenvalue weighted by molar-refractivity contribution is -0.130. The summed E-state index contributed by atoms with van der Waals surface area (Å²) in [5.74, 6) is -0.411. The van der Waals surface area contributed by atoms with Crippen molar-refractivity contribution in [3.8, 4) is 0 Å². The van der Waals surface area contributed by atoms with Crippen molar-refractivity contribution in [1.29, 1.82) is 0 Å². The number of hydrogen-bond donors (Lipinski definition) is 0. The van der Waals surface area contributed by atoms with Crippen LogP contribution in [-0.4, -0.2) is 53.4 Å². The fourth-order valence-electron chi connectivity index (χ4n) is 5.84. The van der Waals surface area contributed by atoms with Crippen molar-refractivity contribution >= 4 is 43.8 Å². The summed E-state index contributed by atoms with van der Waals surface area (Å²) in [7, 11) is -3.86. The molecule has 0 unspecified atom stereocenters. The lowest BCUT2D eigenvalue weighted by Gasteiger charge is -2.37. The topological polar surface area (TPSA) is 66.8 Å². The van der Waals surface area contributed by atoms with E-state index in [1.807, 2.05) is 12.5 Å². The smallest absolute Gasteiger partial charge is 0.261 e. The zero-order valence-electron chi connectivity index (χ0n) is 19.8. The summed E-state index contributed by atoms with van der Waals surface area (Å²) < 4.78 is 46.1. The van der Waals surface area contributed by atoms with E-state index < -0.39 is 39.8 Å². The number of rotatable bonds is 4. The Morgan fingerprint density at radius 2 is 1.97 bits per heavy atom. The van der Waals surface area contributed by atoms with Crippen LogP contribution in [0.3, 0.4) is 0 Å². The molecule has 30 heavy (non-hydrogen) atoms. The standard InChI is InChI=1S/C22H30N2O3S3/c1-21(2)16-10-11-22(21)14-30(26,27)24(18(22)13-16)19(25)17(23-20(28-3)29-4)12-15-8-6-5-7-9-15/h5-9,16-18H,10-14H2,1-4H3/t16-,17-,18-,22-/m1/s1/i12D2,17+1,19+1,23+1. The summed E-state index contributed by atoms with van der Waals surface area (Å²) >= 11 is 2.65. The molecule has 1 aromatic carbocycles. The van der Waals surface area contributed by atoms with Gasteiger partial charge in [-0.25, -0.2) is 12.7 Å². The molecule has 8 heteroatoms. The highest BCUT2D eigenvalue weighted by molar-refractivity contribution is 8.38. The third-order valence-electron chi connectivity index (χ3n) is 7.52. The van der Waals surface area contributed by atoms with Gasteiger partial charge in [-0.1, -0.05) is 44.2 Å². The predicted octanol–water partition coefficient (Wildman–Crippen LogP) is 4.05. The molecule has 5 nitrogen and oxygen atoms in total. The van der Waals surface area contributed by atoms with Crippen LogP contribution in [0.4, 0.5) is 0 Å². The van der Waals surface area contributed by atoms with E-state index in [1.165, 1.54) is 23.5 Å². The van der Waals surface area contributed by atoms with Crippen molar-refractivity contribution in [2.75, 3.05) is 18.3 Å². The van der Waals surface area contributed by atoms with Crippen LogP contribution in [0, 0.1) is 16.7 Å². The van der Waals surface area contributed by atoms with Crippen LogP contribution in [0.1, 0.15) is 41.4 Å². The SMILES string of the molecule is [2H]C([2H])(c1ccccc1)[13C@@H]([15N]=C(SC)SC)[13C](=O)N1[C@@H]2C[C@H]3CC[C@]2(CS1(=O)=O)C3(C)C. The van der Waals surface area contributed by atoms with Gasteiger partial charge in [-0.3, -0.25) is 9.79 Å². The van der Waals surface area contributed by atoms with Crippen LogP contribution < -0.4 is 0 Å². The maximum absolute atomic E-state index is 14.0. The fourth-order valence-corrected chi connectivity index (χ4v) is 9.47. The first-order chi connectivity index (χ1) is 14.9. The van der Waals surface area contributed by atoms with Gasteiger partial charge in [0, 0.05) is 14.5 Å². The summed E-state index contributed by atoms with van der Waals surface area (Å²) in [5, 5.41) is 0. The van der Waals surface area contributed by atoms with E-state index in [2.05, 4.69) is 18.8 Å². The second-order valence-electron chi connectivity index (χ2n) is 8.97. The molecule has 2 bridgehead atoms. The third-order valence-corrected chi connectivity index (χ3v) is 11.3. The van der Waals surface area contributed by atoms with Gasteiger partial charge in [0.25, 0.3) is 5.91 Å². The highest BCUT2D eigenvalue weighted by Gasteiger charge is 2.72. The van der Waals surface area contributed by atoms with E-state index in [1.54, 1.807) is 30.3 Å². The van der Waals surface area contributed by atoms with Crippen LogP contribution in [-0.2, 0) is 21.2 Å². The van der Waals surface area contributed by atoms with Crippen LogP contribution >= 0.6 is 23.5 Å². The van der Waals surface area contributed by atoms with Gasteiger partial charge < -0.3 is 0 Å². The molecule has 0 aromatic heterocycles. The van der Waals surface area contributed by atoms with Gasteiger partial charge in [0.2, 0.25) is 10.0 Å². The van der Waals surface area contributed by atoms with E-state index in [0.717, 1.165) is 17.1 Å². The van der Waals surface area contributed by atoms with E-state index in [0.29, 0.717) is 22.3 Å². The Morgan fingerprint density at radius 1 is 1.30 bits per heavy atom. The number of carbonyl (C=O) groups excluding carboxylic acids is 1. The van der Waals surface area contributed by atoms with Gasteiger partial charge in [-0.2, -0.15) is 0 Å². The Balaban J connectivity index is 1.81. The number of aliphatic imine (C=N–C) groups is 1. The molecule has 1 saturated heterocycles. The largest absolute Gasteiger partial charge is 0.271 e. The third kappa shape index (κ3) is 3.34. The number of amides is 1. The molecule has 0 radical (unpaired) electrons. The Morgan fingerprint density at radius 3 is 2.57 bits per heavy atom. The first kappa shape index (κ1) is 19.7. The molecule has 1 amide bonds. The summed E-state index contributed by atoms with van der Waals surface area (Å²) in [6.45, 7) is 4.26. The molecule has 1 aromatic rings. The second-order valence-corrected chi connectivity index (χ2v) is 12.7. The number of fused-ring (bicyclic) bond motifs is 1. The van der Waals surface area contributed by atoms with E-state index >= 15 is 0 Å². The van der Waals surface area contributed by atoms with Crippen molar-refractivity contribution < 1.29 is 16.0 Å². The van der Waals surface area contributed by atoms with Crippen molar-refractivity contribution in [2.24, 2.45) is 21.7 Å². The van der Waals surface area contributed by atoms with Crippen molar-refractivity contribution in [2.45, 2.75) is 51.6 Å². The van der Waals surface area contributed by atoms with Crippen LogP contribution in [0.2, 0.25) is 0 Å². The highest BCUT2D eigenvalue weighted by atomic mass is 32.2. The van der Waals surface area contributed by atoms with E-state index in [-0.39, 0.29) is 11.2 Å². The maximum atomic E-state index is 14.0. The molecular formula is C22H30N2O3S3. The normalized spacial score (nSPS) is 32.9. The lowest BCUT2D eigenvalue weighted by atomic mass is 9.69. The van der Waals surface area contributed by atoms with Crippen molar-refractivity contribution in [3.05, 3.63) is 35.9 Å². The number of sulfonamides is 1. The zero-order chi connectivity index (χ0) is 23.5. The van der Waals surface area contributed by atoms with E-state index in [4.69, 9.17) is 2.74 Å². The van der Waals surface area contributed by atoms with Crippen LogP contribution in [0.5, 0.6) is 0 Å². The zero-order valence-corrected chi connectivity index (χ0v) is 20.2. The average molecular weight is 472 g/mol. The van der Waals surface area contributed by atoms with Gasteiger partial charge in [-0.15, -0.1) is 23.5 Å². The van der Waals surface area contributed by atoms with Gasteiger partial charge in [0.1, 0.15) is 10.4 Å². The van der Waals surface area contributed by atoms with Gasteiger partial charge >= 0.3 is 0 Å². The minimum atomic E-state index is -3.86. The van der Waals surface area contributed by atoms with Gasteiger partial charge in [0.05, 0.1) is 11.8 Å². The highest BCUT2D eigenvalue weighted by Crippen LogP contribution is 2.70. The summed E-state index contributed by atoms with van der Waals surface area (Å²) in [4.78, 5) is 18.4. The van der Waals surface area contributed by atoms with Crippen molar-refractivity contribution in [1.82, 2.24) is 4.31 Å². The van der Waals surface area contributed by atoms with Crippen molar-refractivity contribution in [3.63, 3.8) is 0 Å². The van der Waals surface area contributed by atoms with Gasteiger partial charge in [0.15, 0.2) is 0 Å². The van der Waals surface area contributed by atoms with Gasteiger partial charge in [-0.05, 0) is 48.7 Å². The number of benzene rings is 1. The molecular weight excluding hydrogens is 439 g/mol. The minimum absolute atomic E-state index is 0.0391. The molecule has 2 saturated carbocycles. The monoisotopic (exact) mass is 471 g/mol. The fraction of sp³-hybridized carbons (Fsp3) is 0.636. The predicted molar refractivity (Wildman–Crippen MR) is 126 cm³/mol. The average Bonchev–Trinajstić information content (AvgIpc) is 3.22. The first-order valence-electron chi connectivity index (χ1n) is 11.2. The molecule has 1 spiro atoms. The Bertz CT molecular complexity index is 1040. The number of nitrogens with zero attached hydrogens (tertiary/aromatic N) is 2. The summed E-state index contributed by atoms with van der Waals surface area (Å²) in [6.07, 6.45) is 3.90. The van der Waals surface area contributed by atoms with E-state index in [9.17, 15) is 13.2 Å². The molecule has 2 aliphatic carbocycles. The molecule has 3 aliphatic rings. The molecule has 164 valence electrons. The number of hydrogen-bond acceptors (Lipinski definition) is 6. The minimum Gasteiger partial charge on any atom is -0.271 e. The molecule has 4 rings (SSSR count). The molecule has 1 heterocycles. The summed E-state index contributed by atoms with van der Waals surface area (Å²) in [6, 6.07) is 6.55. The maximum Gasteiger partial charge on any atom is 0.261 e. The van der Waals surface area contributed by atoms with Crippen LogP contribution in [0.25, 0.3) is 0 Å². The Labute approximate surface area is 191 Å². The van der Waals surface area contributed by atoms with Crippen LogP contribution in [0.15, 0.2) is 35.3 Å².